The molecule has 1 heterocycles. The number of ketones is 1. The molecule has 1 atom stereocenters. The summed E-state index contributed by atoms with van der Waals surface area (Å²) in [5.41, 5.74) is -0.704. The van der Waals surface area contributed by atoms with Gasteiger partial charge in [0.15, 0.2) is 5.60 Å². The number of rotatable bonds is 6. The zero-order chi connectivity index (χ0) is 19.7. The third kappa shape index (κ3) is 3.14. The van der Waals surface area contributed by atoms with E-state index in [4.69, 9.17) is 4.74 Å². The van der Waals surface area contributed by atoms with Crippen LogP contribution in [-0.4, -0.2) is 29.9 Å². The fraction of sp³-hybridized carbons (Fsp3) is 0.217. The summed E-state index contributed by atoms with van der Waals surface area (Å²) in [5.74, 6) is 0.00329. The maximum Gasteiger partial charge on any atom is 0.264 e. The van der Waals surface area contributed by atoms with Crippen LogP contribution in [-0.2, 0) is 15.2 Å². The Morgan fingerprint density at radius 2 is 1.75 bits per heavy atom. The Balaban J connectivity index is 1.51. The zero-order valence-corrected chi connectivity index (χ0v) is 15.6. The molecule has 0 saturated carbocycles. The molecule has 1 aliphatic rings. The summed E-state index contributed by atoms with van der Waals surface area (Å²) in [6.45, 7) is 1.93. The number of hydrogen-bond donors (Lipinski definition) is 1. The van der Waals surface area contributed by atoms with E-state index in [0.717, 1.165) is 16.5 Å². The van der Waals surface area contributed by atoms with Gasteiger partial charge in [-0.2, -0.15) is 0 Å². The molecule has 1 amide bonds. The number of aliphatic hydroxyl groups is 1. The van der Waals surface area contributed by atoms with Gasteiger partial charge >= 0.3 is 0 Å². The SMILES string of the molecule is CC(=O)CC1(O)C(=O)N(CCOc2ccc3ccccc3c2)c2ccccc21. The minimum Gasteiger partial charge on any atom is -0.492 e. The van der Waals surface area contributed by atoms with E-state index in [9.17, 15) is 14.7 Å². The van der Waals surface area contributed by atoms with Crippen molar-refractivity contribution in [2.24, 2.45) is 0 Å². The van der Waals surface area contributed by atoms with Gasteiger partial charge < -0.3 is 14.7 Å². The smallest absolute Gasteiger partial charge is 0.264 e. The summed E-state index contributed by atoms with van der Waals surface area (Å²) >= 11 is 0. The van der Waals surface area contributed by atoms with Crippen LogP contribution in [0.4, 0.5) is 5.69 Å². The van der Waals surface area contributed by atoms with Crippen molar-refractivity contribution in [2.75, 3.05) is 18.1 Å². The number of para-hydroxylation sites is 1. The van der Waals surface area contributed by atoms with Crippen molar-refractivity contribution in [3.05, 3.63) is 72.3 Å². The van der Waals surface area contributed by atoms with E-state index in [0.29, 0.717) is 11.3 Å². The van der Waals surface area contributed by atoms with Crippen LogP contribution in [0.1, 0.15) is 18.9 Å². The molecule has 5 nitrogen and oxygen atoms in total. The van der Waals surface area contributed by atoms with E-state index in [1.165, 1.54) is 11.8 Å². The summed E-state index contributed by atoms with van der Waals surface area (Å²) in [4.78, 5) is 26.0. The lowest BCUT2D eigenvalue weighted by Gasteiger charge is -2.22. The van der Waals surface area contributed by atoms with Crippen molar-refractivity contribution >= 4 is 28.2 Å². The standard InChI is InChI=1S/C23H21NO4/c1-16(25)15-23(27)20-8-4-5-9-21(20)24(22(23)26)12-13-28-19-11-10-17-6-2-3-7-18(17)14-19/h2-11,14,27H,12-13,15H2,1H3. The predicted octanol–water partition coefficient (Wildman–Crippen LogP) is 3.43. The molecule has 0 radical (unpaired) electrons. The van der Waals surface area contributed by atoms with Gasteiger partial charge in [-0.15, -0.1) is 0 Å². The van der Waals surface area contributed by atoms with Gasteiger partial charge in [-0.1, -0.05) is 48.5 Å². The molecule has 0 spiro atoms. The molecule has 0 bridgehead atoms. The molecule has 4 rings (SSSR count). The van der Waals surface area contributed by atoms with E-state index in [1.807, 2.05) is 48.5 Å². The first-order chi connectivity index (χ1) is 13.5. The van der Waals surface area contributed by atoms with Gasteiger partial charge in [-0.3, -0.25) is 9.59 Å². The lowest BCUT2D eigenvalue weighted by molar-refractivity contribution is -0.141. The van der Waals surface area contributed by atoms with Gasteiger partial charge in [0, 0.05) is 12.0 Å². The third-order valence-corrected chi connectivity index (χ3v) is 5.05. The molecule has 0 fully saturated rings. The number of carbonyl (C=O) groups is 2. The van der Waals surface area contributed by atoms with Crippen LogP contribution in [0.15, 0.2) is 66.7 Å². The molecule has 0 aliphatic carbocycles. The second kappa shape index (κ2) is 7.09. The zero-order valence-electron chi connectivity index (χ0n) is 15.6. The molecule has 1 aliphatic heterocycles. The minimum atomic E-state index is -1.80. The number of Topliss-reactive ketones (excluding diaryl/α,β-unsaturated/α-hetero) is 1. The summed E-state index contributed by atoms with van der Waals surface area (Å²) < 4.78 is 5.85. The normalized spacial score (nSPS) is 18.4. The maximum absolute atomic E-state index is 12.9. The lowest BCUT2D eigenvalue weighted by Crippen LogP contribution is -2.43. The van der Waals surface area contributed by atoms with E-state index in [1.54, 1.807) is 18.2 Å². The van der Waals surface area contributed by atoms with Crippen molar-refractivity contribution in [2.45, 2.75) is 18.9 Å². The molecule has 5 heteroatoms. The Bertz CT molecular complexity index is 1060. The molecule has 3 aromatic rings. The summed E-state index contributed by atoms with van der Waals surface area (Å²) in [6, 6.07) is 20.9. The number of anilines is 1. The van der Waals surface area contributed by atoms with Crippen LogP contribution < -0.4 is 9.64 Å². The van der Waals surface area contributed by atoms with Crippen LogP contribution in [0, 0.1) is 0 Å². The molecule has 1 N–H and O–H groups in total. The number of hydrogen-bond acceptors (Lipinski definition) is 4. The molecular formula is C23H21NO4. The number of fused-ring (bicyclic) bond motifs is 2. The Hall–Kier alpha value is -3.18. The fourth-order valence-corrected chi connectivity index (χ4v) is 3.77. The maximum atomic E-state index is 12.9. The first-order valence-corrected chi connectivity index (χ1v) is 9.24. The van der Waals surface area contributed by atoms with Crippen LogP contribution in [0.5, 0.6) is 5.75 Å². The Labute approximate surface area is 163 Å². The molecule has 0 saturated heterocycles. The predicted molar refractivity (Wildman–Crippen MR) is 107 cm³/mol. The van der Waals surface area contributed by atoms with Gasteiger partial charge in [0.05, 0.1) is 12.2 Å². The monoisotopic (exact) mass is 375 g/mol. The second-order valence-corrected chi connectivity index (χ2v) is 7.07. The topological polar surface area (TPSA) is 66.8 Å². The van der Waals surface area contributed by atoms with Gasteiger partial charge in [0.2, 0.25) is 0 Å². The van der Waals surface area contributed by atoms with E-state index in [-0.39, 0.29) is 25.4 Å². The molecule has 0 aromatic heterocycles. The number of amides is 1. The van der Waals surface area contributed by atoms with Crippen molar-refractivity contribution in [1.82, 2.24) is 0 Å². The largest absolute Gasteiger partial charge is 0.492 e. The summed E-state index contributed by atoms with van der Waals surface area (Å²) in [7, 11) is 0. The summed E-state index contributed by atoms with van der Waals surface area (Å²) in [5, 5.41) is 13.1. The van der Waals surface area contributed by atoms with Crippen molar-refractivity contribution in [3.8, 4) is 5.75 Å². The first-order valence-electron chi connectivity index (χ1n) is 9.24. The fourth-order valence-electron chi connectivity index (χ4n) is 3.77. The van der Waals surface area contributed by atoms with Gasteiger partial charge in [-0.25, -0.2) is 0 Å². The average Bonchev–Trinajstić information content (AvgIpc) is 2.89. The van der Waals surface area contributed by atoms with Crippen LogP contribution >= 0.6 is 0 Å². The highest BCUT2D eigenvalue weighted by Gasteiger charge is 2.50. The van der Waals surface area contributed by atoms with Crippen molar-refractivity contribution in [1.29, 1.82) is 0 Å². The van der Waals surface area contributed by atoms with Gasteiger partial charge in [0.1, 0.15) is 18.1 Å². The number of carbonyl (C=O) groups excluding carboxylic acids is 2. The Morgan fingerprint density at radius 3 is 2.54 bits per heavy atom. The van der Waals surface area contributed by atoms with Crippen molar-refractivity contribution < 1.29 is 19.4 Å². The summed E-state index contributed by atoms with van der Waals surface area (Å²) in [6.07, 6.45) is -0.231. The highest BCUT2D eigenvalue weighted by Crippen LogP contribution is 2.42. The van der Waals surface area contributed by atoms with Gasteiger partial charge in [0.25, 0.3) is 5.91 Å². The average molecular weight is 375 g/mol. The van der Waals surface area contributed by atoms with E-state index >= 15 is 0 Å². The van der Waals surface area contributed by atoms with Crippen molar-refractivity contribution in [3.63, 3.8) is 0 Å². The number of nitrogens with zero attached hydrogens (tertiary/aromatic N) is 1. The molecule has 1 unspecified atom stereocenters. The second-order valence-electron chi connectivity index (χ2n) is 7.07. The first kappa shape index (κ1) is 18.2. The quantitative estimate of drug-likeness (QED) is 0.717. The highest BCUT2D eigenvalue weighted by molar-refractivity contribution is 6.08. The molecule has 3 aromatic carbocycles. The Morgan fingerprint density at radius 1 is 1.04 bits per heavy atom. The van der Waals surface area contributed by atoms with E-state index in [2.05, 4.69) is 0 Å². The van der Waals surface area contributed by atoms with Crippen LogP contribution in [0.2, 0.25) is 0 Å². The van der Waals surface area contributed by atoms with Crippen LogP contribution in [0.3, 0.4) is 0 Å². The molecule has 28 heavy (non-hydrogen) atoms. The highest BCUT2D eigenvalue weighted by atomic mass is 16.5. The third-order valence-electron chi connectivity index (χ3n) is 5.05. The van der Waals surface area contributed by atoms with Gasteiger partial charge in [-0.05, 0) is 35.9 Å². The number of benzene rings is 3. The molecular weight excluding hydrogens is 354 g/mol. The molecule has 142 valence electrons. The lowest BCUT2D eigenvalue weighted by atomic mass is 9.90. The van der Waals surface area contributed by atoms with E-state index < -0.39 is 11.5 Å². The number of ether oxygens (including phenoxy) is 1. The minimum absolute atomic E-state index is 0.231. The van der Waals surface area contributed by atoms with Crippen LogP contribution in [0.25, 0.3) is 10.8 Å². The Kier molecular flexibility index (Phi) is 4.61.